The summed E-state index contributed by atoms with van der Waals surface area (Å²) in [6.07, 6.45) is 0.865. The van der Waals surface area contributed by atoms with E-state index in [1.807, 2.05) is 60.7 Å². The van der Waals surface area contributed by atoms with E-state index in [-0.39, 0.29) is 31.3 Å². The van der Waals surface area contributed by atoms with Gasteiger partial charge >= 0.3 is 0 Å². The van der Waals surface area contributed by atoms with Crippen molar-refractivity contribution in [2.45, 2.75) is 26.3 Å². The van der Waals surface area contributed by atoms with E-state index < -0.39 is 5.91 Å². The summed E-state index contributed by atoms with van der Waals surface area (Å²) in [5.41, 5.74) is 4.55. The number of nitrogens with zero attached hydrogens (tertiary/aromatic N) is 1. The van der Waals surface area contributed by atoms with Crippen LogP contribution in [0.3, 0.4) is 0 Å². The number of hydrazine groups is 1. The molecular formula is C20H23N3O3. The highest BCUT2D eigenvalue weighted by atomic mass is 16.2. The molecule has 26 heavy (non-hydrogen) atoms. The minimum atomic E-state index is -0.441. The predicted molar refractivity (Wildman–Crippen MR) is 98.6 cm³/mol. The first-order valence-electron chi connectivity index (χ1n) is 8.46. The molecule has 0 aliphatic carbocycles. The summed E-state index contributed by atoms with van der Waals surface area (Å²) in [7, 11) is 0. The second-order valence-electron chi connectivity index (χ2n) is 5.90. The topological polar surface area (TPSA) is 78.5 Å². The largest absolute Gasteiger partial charge is 0.347 e. The average Bonchev–Trinajstić information content (AvgIpc) is 2.65. The molecule has 0 unspecified atom stereocenters. The molecule has 0 spiro atoms. The highest BCUT2D eigenvalue weighted by Crippen LogP contribution is 2.07. The predicted octanol–water partition coefficient (Wildman–Crippen LogP) is 1.82. The van der Waals surface area contributed by atoms with Gasteiger partial charge in [-0.15, -0.1) is 0 Å². The molecule has 2 aromatic carbocycles. The summed E-state index contributed by atoms with van der Waals surface area (Å²) >= 11 is 0. The van der Waals surface area contributed by atoms with Crippen molar-refractivity contribution in [2.24, 2.45) is 0 Å². The fourth-order valence-corrected chi connectivity index (χ4v) is 2.38. The van der Waals surface area contributed by atoms with E-state index in [0.717, 1.165) is 11.1 Å². The Bertz CT molecular complexity index is 732. The number of hydrogen-bond acceptors (Lipinski definition) is 3. The van der Waals surface area contributed by atoms with Gasteiger partial charge in [0.15, 0.2) is 0 Å². The maximum atomic E-state index is 12.6. The van der Waals surface area contributed by atoms with Gasteiger partial charge in [0.1, 0.15) is 0 Å². The molecule has 0 aliphatic rings. The molecule has 136 valence electrons. The molecule has 0 saturated carbocycles. The van der Waals surface area contributed by atoms with Crippen molar-refractivity contribution in [3.63, 3.8) is 0 Å². The van der Waals surface area contributed by atoms with Gasteiger partial charge in [-0.1, -0.05) is 60.7 Å². The van der Waals surface area contributed by atoms with E-state index >= 15 is 0 Å². The van der Waals surface area contributed by atoms with Gasteiger partial charge in [0.05, 0.1) is 13.1 Å². The van der Waals surface area contributed by atoms with Gasteiger partial charge < -0.3 is 5.32 Å². The number of carbonyl (C=O) groups is 3. The summed E-state index contributed by atoms with van der Waals surface area (Å²) in [5, 5.41) is 3.73. The van der Waals surface area contributed by atoms with Crippen LogP contribution in [0.2, 0.25) is 0 Å². The lowest BCUT2D eigenvalue weighted by atomic mass is 10.1. The molecule has 0 saturated heterocycles. The Morgan fingerprint density at radius 2 is 1.46 bits per heavy atom. The maximum Gasteiger partial charge on any atom is 0.257 e. The van der Waals surface area contributed by atoms with E-state index in [1.165, 1.54) is 11.9 Å². The third kappa shape index (κ3) is 6.76. The van der Waals surface area contributed by atoms with Crippen molar-refractivity contribution >= 4 is 17.7 Å². The first kappa shape index (κ1) is 19.2. The lowest BCUT2D eigenvalue weighted by Crippen LogP contribution is -2.49. The van der Waals surface area contributed by atoms with Crippen LogP contribution >= 0.6 is 0 Å². The fraction of sp³-hybridized carbons (Fsp3) is 0.250. The van der Waals surface area contributed by atoms with Gasteiger partial charge in [-0.3, -0.25) is 19.8 Å². The van der Waals surface area contributed by atoms with Gasteiger partial charge in [-0.2, -0.15) is 0 Å². The van der Waals surface area contributed by atoms with E-state index in [2.05, 4.69) is 10.7 Å². The van der Waals surface area contributed by atoms with Crippen LogP contribution in [-0.4, -0.2) is 29.3 Å². The second-order valence-corrected chi connectivity index (χ2v) is 5.90. The number of benzene rings is 2. The lowest BCUT2D eigenvalue weighted by molar-refractivity contribution is -0.142. The van der Waals surface area contributed by atoms with Crippen molar-refractivity contribution in [3.05, 3.63) is 71.8 Å². The van der Waals surface area contributed by atoms with Crippen LogP contribution in [0, 0.1) is 0 Å². The molecule has 6 nitrogen and oxygen atoms in total. The second kappa shape index (κ2) is 9.98. The van der Waals surface area contributed by atoms with Crippen LogP contribution in [0.1, 0.15) is 24.5 Å². The number of nitrogens with one attached hydrogen (secondary N) is 2. The number of hydrogen-bond donors (Lipinski definition) is 2. The van der Waals surface area contributed by atoms with Crippen LogP contribution in [0.15, 0.2) is 60.7 Å². The number of carbonyl (C=O) groups excluding carboxylic acids is 3. The molecule has 2 N–H and O–H groups in total. The molecule has 0 heterocycles. The Balaban J connectivity index is 1.99. The molecular weight excluding hydrogens is 330 g/mol. The highest BCUT2D eigenvalue weighted by molar-refractivity contribution is 5.86. The van der Waals surface area contributed by atoms with Crippen molar-refractivity contribution in [3.8, 4) is 0 Å². The number of rotatable bonds is 7. The first-order chi connectivity index (χ1) is 12.5. The number of aryl methyl sites for hydroxylation is 1. The molecule has 0 aliphatic heterocycles. The zero-order valence-corrected chi connectivity index (χ0v) is 14.8. The third-order valence-corrected chi connectivity index (χ3v) is 3.71. The van der Waals surface area contributed by atoms with E-state index in [1.54, 1.807) is 0 Å². The van der Waals surface area contributed by atoms with Crippen molar-refractivity contribution < 1.29 is 14.4 Å². The van der Waals surface area contributed by atoms with Gasteiger partial charge in [-0.25, -0.2) is 5.01 Å². The molecule has 0 aromatic heterocycles. The molecule has 3 amide bonds. The quantitative estimate of drug-likeness (QED) is 0.745. The SMILES string of the molecule is CC(=O)NCC(=O)NN(Cc1ccccc1)C(=O)CCc1ccccc1. The van der Waals surface area contributed by atoms with E-state index in [4.69, 9.17) is 0 Å². The summed E-state index contributed by atoms with van der Waals surface area (Å²) in [5.74, 6) is -0.928. The van der Waals surface area contributed by atoms with Gasteiger partial charge in [-0.05, 0) is 17.5 Å². The zero-order valence-electron chi connectivity index (χ0n) is 14.8. The van der Waals surface area contributed by atoms with Crippen molar-refractivity contribution in [2.75, 3.05) is 6.54 Å². The summed E-state index contributed by atoms with van der Waals surface area (Å²) < 4.78 is 0. The smallest absolute Gasteiger partial charge is 0.257 e. The molecule has 0 fully saturated rings. The van der Waals surface area contributed by atoms with Gasteiger partial charge in [0.2, 0.25) is 11.8 Å². The standard InChI is InChI=1S/C20H23N3O3/c1-16(24)21-14-19(25)22-23(15-18-10-6-3-7-11-18)20(26)13-12-17-8-4-2-5-9-17/h2-11H,12-15H2,1H3,(H,21,24)(H,22,25). The lowest BCUT2D eigenvalue weighted by Gasteiger charge is -2.23. The Morgan fingerprint density at radius 3 is 2.04 bits per heavy atom. The van der Waals surface area contributed by atoms with Gasteiger partial charge in [0.25, 0.3) is 5.91 Å². The number of amides is 3. The summed E-state index contributed by atoms with van der Waals surface area (Å²) in [4.78, 5) is 35.6. The molecule has 0 bridgehead atoms. The van der Waals surface area contributed by atoms with Crippen molar-refractivity contribution in [1.29, 1.82) is 0 Å². The normalized spacial score (nSPS) is 10.0. The van der Waals surface area contributed by atoms with Crippen molar-refractivity contribution in [1.82, 2.24) is 15.8 Å². The maximum absolute atomic E-state index is 12.6. The Hall–Kier alpha value is -3.15. The first-order valence-corrected chi connectivity index (χ1v) is 8.46. The Morgan fingerprint density at radius 1 is 0.885 bits per heavy atom. The molecule has 6 heteroatoms. The van der Waals surface area contributed by atoms with Crippen LogP contribution in [0.4, 0.5) is 0 Å². The Labute approximate surface area is 153 Å². The van der Waals surface area contributed by atoms with Crippen LogP contribution in [0.25, 0.3) is 0 Å². The van der Waals surface area contributed by atoms with E-state index in [9.17, 15) is 14.4 Å². The molecule has 2 rings (SSSR count). The van der Waals surface area contributed by atoms with Crippen LogP contribution < -0.4 is 10.7 Å². The third-order valence-electron chi connectivity index (χ3n) is 3.71. The zero-order chi connectivity index (χ0) is 18.8. The highest BCUT2D eigenvalue weighted by Gasteiger charge is 2.17. The summed E-state index contributed by atoms with van der Waals surface area (Å²) in [6, 6.07) is 19.1. The average molecular weight is 353 g/mol. The monoisotopic (exact) mass is 353 g/mol. The van der Waals surface area contributed by atoms with Crippen LogP contribution in [-0.2, 0) is 27.3 Å². The minimum Gasteiger partial charge on any atom is -0.347 e. The Kier molecular flexibility index (Phi) is 7.36. The fourth-order valence-electron chi connectivity index (χ4n) is 2.38. The van der Waals surface area contributed by atoms with E-state index in [0.29, 0.717) is 6.42 Å². The molecule has 0 atom stereocenters. The summed E-state index contributed by atoms with van der Waals surface area (Å²) in [6.45, 7) is 1.42. The van der Waals surface area contributed by atoms with Crippen LogP contribution in [0.5, 0.6) is 0 Å². The van der Waals surface area contributed by atoms with Gasteiger partial charge in [0, 0.05) is 13.3 Å². The minimum absolute atomic E-state index is 0.174. The molecule has 0 radical (unpaired) electrons. The molecule has 2 aromatic rings.